The molecule has 5 heteroatoms. The molecule has 0 aromatic heterocycles. The fourth-order valence-electron chi connectivity index (χ4n) is 0.402. The van der Waals surface area contributed by atoms with E-state index in [1.807, 2.05) is 0 Å². The summed E-state index contributed by atoms with van der Waals surface area (Å²) in [4.78, 5) is 0. The second-order valence-corrected chi connectivity index (χ2v) is 1.91. The van der Waals surface area contributed by atoms with Gasteiger partial charge < -0.3 is 0 Å². The van der Waals surface area contributed by atoms with Crippen LogP contribution in [0.1, 0.15) is 26.7 Å². The minimum absolute atomic E-state index is 0.0301. The lowest BCUT2D eigenvalue weighted by Gasteiger charge is -2.01. The largest absolute Gasteiger partial charge is 0.269 e. The third-order valence-corrected chi connectivity index (χ3v) is 0.838. The van der Waals surface area contributed by atoms with Crippen LogP contribution in [-0.2, 0) is 0 Å². The molecule has 0 amide bonds. The molecule has 0 fully saturated rings. The van der Waals surface area contributed by atoms with Crippen molar-refractivity contribution in [2.45, 2.75) is 39.3 Å². The zero-order valence-electron chi connectivity index (χ0n) is 8.17. The van der Waals surface area contributed by atoms with Crippen molar-refractivity contribution >= 4 is 0 Å². The molecule has 0 N–H and O–H groups in total. The highest BCUT2D eigenvalue weighted by atomic mass is 19.3. The van der Waals surface area contributed by atoms with Gasteiger partial charge in [0.15, 0.2) is 6.17 Å². The normalized spacial score (nSPS) is 10.8. The van der Waals surface area contributed by atoms with Gasteiger partial charge >= 0.3 is 0 Å². The van der Waals surface area contributed by atoms with Crippen molar-refractivity contribution in [1.29, 1.82) is 0 Å². The zero-order valence-corrected chi connectivity index (χ0v) is 8.17. The quantitative estimate of drug-likeness (QED) is 0.616. The highest BCUT2D eigenvalue weighted by Gasteiger charge is 2.16. The topological polar surface area (TPSA) is 0 Å². The van der Waals surface area contributed by atoms with Gasteiger partial charge in [-0.1, -0.05) is 13.3 Å². The standard InChI is InChI=1S/C5H9F3.C2H5F.CH3F/c1-2-3-4(6)5(7)8;1-2-3;1-2/h4-5H,2-3H2,1H3;2H2,1H3;1H3. The Balaban J connectivity index is -0.000000169. The first-order valence-electron chi connectivity index (χ1n) is 3.96. The van der Waals surface area contributed by atoms with Gasteiger partial charge in [-0.2, -0.15) is 0 Å². The Labute approximate surface area is 76.1 Å². The molecule has 1 atom stereocenters. The van der Waals surface area contributed by atoms with Crippen LogP contribution in [0.2, 0.25) is 0 Å². The van der Waals surface area contributed by atoms with E-state index in [0.29, 0.717) is 13.6 Å². The molecule has 0 rings (SSSR count). The summed E-state index contributed by atoms with van der Waals surface area (Å²) in [5.41, 5.74) is 0. The first-order valence-corrected chi connectivity index (χ1v) is 3.96. The summed E-state index contributed by atoms with van der Waals surface area (Å²) in [5.74, 6) is 0. The second kappa shape index (κ2) is 17.7. The van der Waals surface area contributed by atoms with Crippen molar-refractivity contribution in [2.24, 2.45) is 0 Å². The van der Waals surface area contributed by atoms with Gasteiger partial charge in [-0.3, -0.25) is 8.78 Å². The lowest BCUT2D eigenvalue weighted by molar-refractivity contribution is 0.0451. The summed E-state index contributed by atoms with van der Waals surface area (Å²) in [5, 5.41) is 0. The lowest BCUT2D eigenvalue weighted by atomic mass is 10.2. The average molecular weight is 208 g/mol. The van der Waals surface area contributed by atoms with Crippen molar-refractivity contribution in [2.75, 3.05) is 13.9 Å². The highest BCUT2D eigenvalue weighted by molar-refractivity contribution is 4.55. The molecule has 13 heavy (non-hydrogen) atoms. The van der Waals surface area contributed by atoms with Gasteiger partial charge in [-0.15, -0.1) is 0 Å². The Hall–Kier alpha value is -0.350. The van der Waals surface area contributed by atoms with Crippen LogP contribution in [0.25, 0.3) is 0 Å². The molecule has 0 aliphatic carbocycles. The Morgan fingerprint density at radius 2 is 1.31 bits per heavy atom. The van der Waals surface area contributed by atoms with Gasteiger partial charge in [-0.05, 0) is 13.3 Å². The van der Waals surface area contributed by atoms with Crippen LogP contribution in [0, 0.1) is 0 Å². The van der Waals surface area contributed by atoms with Crippen molar-refractivity contribution in [3.8, 4) is 0 Å². The molecule has 0 aromatic carbocycles. The first-order chi connectivity index (χ1) is 6.09. The molecule has 0 nitrogen and oxygen atoms in total. The molecule has 0 saturated carbocycles. The smallest absolute Gasteiger partial charge is 0.255 e. The molecular formula is C8H17F5. The summed E-state index contributed by atoms with van der Waals surface area (Å²) in [6, 6.07) is 0. The number of hydrogen-bond donors (Lipinski definition) is 0. The molecule has 0 bridgehead atoms. The summed E-state index contributed by atoms with van der Waals surface area (Å²) in [6.45, 7) is 2.88. The summed E-state index contributed by atoms with van der Waals surface area (Å²) >= 11 is 0. The van der Waals surface area contributed by atoms with E-state index >= 15 is 0 Å². The maximum atomic E-state index is 11.8. The molecule has 1 unspecified atom stereocenters. The van der Waals surface area contributed by atoms with Crippen LogP contribution in [0.4, 0.5) is 22.0 Å². The van der Waals surface area contributed by atoms with Crippen LogP contribution in [-0.4, -0.2) is 26.4 Å². The molecule has 0 heterocycles. The van der Waals surface area contributed by atoms with E-state index in [9.17, 15) is 22.0 Å². The van der Waals surface area contributed by atoms with Crippen molar-refractivity contribution in [1.82, 2.24) is 0 Å². The van der Waals surface area contributed by atoms with Crippen LogP contribution in [0.5, 0.6) is 0 Å². The predicted molar refractivity (Wildman–Crippen MR) is 44.5 cm³/mol. The Kier molecular flexibility index (Phi) is 25.0. The number of rotatable bonds is 3. The summed E-state index contributed by atoms with van der Waals surface area (Å²) < 4.78 is 54.0. The van der Waals surface area contributed by atoms with E-state index in [-0.39, 0.29) is 13.1 Å². The molecule has 0 spiro atoms. The van der Waals surface area contributed by atoms with Gasteiger partial charge in [0.25, 0.3) is 6.43 Å². The summed E-state index contributed by atoms with van der Waals surface area (Å²) in [7, 11) is 0.500. The van der Waals surface area contributed by atoms with Crippen LogP contribution in [0.3, 0.4) is 0 Å². The van der Waals surface area contributed by atoms with Gasteiger partial charge in [-0.25, -0.2) is 13.2 Å². The van der Waals surface area contributed by atoms with Crippen molar-refractivity contribution in [3.05, 3.63) is 0 Å². The maximum absolute atomic E-state index is 11.8. The zero-order chi connectivity index (χ0) is 11.3. The lowest BCUT2D eigenvalue weighted by Crippen LogP contribution is -2.10. The number of hydrogen-bond acceptors (Lipinski definition) is 0. The third kappa shape index (κ3) is 24.5. The van der Waals surface area contributed by atoms with Crippen LogP contribution >= 0.6 is 0 Å². The van der Waals surface area contributed by atoms with Gasteiger partial charge in [0.05, 0.1) is 13.9 Å². The van der Waals surface area contributed by atoms with Crippen LogP contribution < -0.4 is 0 Å². The SMILES string of the molecule is CCCC(F)C(F)F.CCF.CF. The Morgan fingerprint density at radius 3 is 1.38 bits per heavy atom. The Bertz CT molecular complexity index is 67.6. The summed E-state index contributed by atoms with van der Waals surface area (Å²) in [6.07, 6.45) is -4.27. The predicted octanol–water partition coefficient (Wildman–Crippen LogP) is 3.95. The maximum Gasteiger partial charge on any atom is 0.269 e. The minimum Gasteiger partial charge on any atom is -0.255 e. The van der Waals surface area contributed by atoms with Gasteiger partial charge in [0.1, 0.15) is 0 Å². The second-order valence-electron chi connectivity index (χ2n) is 1.91. The highest BCUT2D eigenvalue weighted by Crippen LogP contribution is 2.10. The van der Waals surface area contributed by atoms with E-state index in [2.05, 4.69) is 0 Å². The number of halogens is 5. The van der Waals surface area contributed by atoms with E-state index < -0.39 is 12.6 Å². The van der Waals surface area contributed by atoms with E-state index in [4.69, 9.17) is 0 Å². The molecule has 0 aromatic rings. The molecule has 0 aliphatic heterocycles. The van der Waals surface area contributed by atoms with Crippen LogP contribution in [0.15, 0.2) is 0 Å². The Morgan fingerprint density at radius 1 is 1.00 bits per heavy atom. The van der Waals surface area contributed by atoms with E-state index in [1.165, 1.54) is 6.92 Å². The molecule has 84 valence electrons. The van der Waals surface area contributed by atoms with E-state index in [1.54, 1.807) is 6.92 Å². The van der Waals surface area contributed by atoms with Crippen molar-refractivity contribution < 1.29 is 22.0 Å². The molecule has 0 saturated heterocycles. The van der Waals surface area contributed by atoms with E-state index in [0.717, 1.165) is 0 Å². The van der Waals surface area contributed by atoms with Gasteiger partial charge in [0.2, 0.25) is 0 Å². The number of alkyl halides is 5. The minimum atomic E-state index is -2.80. The fourth-order valence-corrected chi connectivity index (χ4v) is 0.402. The molecular weight excluding hydrogens is 191 g/mol. The molecule has 0 aliphatic rings. The van der Waals surface area contributed by atoms with Gasteiger partial charge in [0, 0.05) is 0 Å². The third-order valence-electron chi connectivity index (χ3n) is 0.838. The fraction of sp³-hybridized carbons (Fsp3) is 1.00. The van der Waals surface area contributed by atoms with Crippen molar-refractivity contribution in [3.63, 3.8) is 0 Å². The average Bonchev–Trinajstić information content (AvgIpc) is 2.10. The first kappa shape index (κ1) is 18.4. The molecule has 0 radical (unpaired) electrons. The monoisotopic (exact) mass is 208 g/mol.